The van der Waals surface area contributed by atoms with E-state index in [0.717, 1.165) is 16.8 Å². The number of hydrogen-bond acceptors (Lipinski definition) is 3. The lowest BCUT2D eigenvalue weighted by molar-refractivity contribution is -0.121. The van der Waals surface area contributed by atoms with Crippen LogP contribution in [0.1, 0.15) is 38.3 Å². The highest BCUT2D eigenvalue weighted by Gasteiger charge is 2.33. The molecule has 0 bridgehead atoms. The van der Waals surface area contributed by atoms with Gasteiger partial charge < -0.3 is 10.1 Å². The van der Waals surface area contributed by atoms with Gasteiger partial charge in [-0.2, -0.15) is 0 Å². The topological polar surface area (TPSA) is 58.6 Å². The van der Waals surface area contributed by atoms with E-state index in [1.165, 1.54) is 4.90 Å². The average molecular weight is 330 g/mol. The molecule has 2 amide bonds. The molecule has 1 aromatic carbocycles. The van der Waals surface area contributed by atoms with Crippen molar-refractivity contribution in [3.05, 3.63) is 41.5 Å². The van der Waals surface area contributed by atoms with E-state index in [1.807, 2.05) is 65.0 Å². The van der Waals surface area contributed by atoms with Gasteiger partial charge in [0.25, 0.3) is 0 Å². The van der Waals surface area contributed by atoms with Crippen LogP contribution in [0.5, 0.6) is 0 Å². The van der Waals surface area contributed by atoms with Crippen molar-refractivity contribution in [3.8, 4) is 0 Å². The predicted molar refractivity (Wildman–Crippen MR) is 95.0 cm³/mol. The second kappa shape index (κ2) is 7.07. The molecule has 2 rings (SSSR count). The molecule has 1 aliphatic heterocycles. The Balaban J connectivity index is 2.17. The van der Waals surface area contributed by atoms with Crippen LogP contribution in [0.2, 0.25) is 0 Å². The lowest BCUT2D eigenvalue weighted by Gasteiger charge is -2.33. The summed E-state index contributed by atoms with van der Waals surface area (Å²) in [5, 5.41) is 2.97. The van der Waals surface area contributed by atoms with Gasteiger partial charge in [-0.25, -0.2) is 4.79 Å². The van der Waals surface area contributed by atoms with Crippen molar-refractivity contribution >= 4 is 17.7 Å². The fourth-order valence-corrected chi connectivity index (χ4v) is 2.66. The third-order valence-corrected chi connectivity index (χ3v) is 3.86. The molecule has 0 spiro atoms. The number of hydrogen-bond donors (Lipinski definition) is 1. The molecule has 1 aromatic rings. The molecule has 0 aliphatic carbocycles. The number of carbonyl (C=O) groups excluding carboxylic acids is 2. The number of para-hydroxylation sites is 1. The summed E-state index contributed by atoms with van der Waals surface area (Å²) >= 11 is 0. The van der Waals surface area contributed by atoms with Crippen molar-refractivity contribution < 1.29 is 14.3 Å². The van der Waals surface area contributed by atoms with Crippen LogP contribution in [0.25, 0.3) is 0 Å². The summed E-state index contributed by atoms with van der Waals surface area (Å²) in [6.45, 7) is 9.73. The standard InChI is InChI=1S/C19H26N2O3/c1-13-9-8-10-14(2)16(13)20-17(22)15-11-6-7-12-21(15)18(23)24-19(3,4)5/h6-10,15H,11-12H2,1-5H3,(H,20,22)/t15-/m0/s1. The molecule has 0 saturated heterocycles. The predicted octanol–water partition coefficient (Wildman–Crippen LogP) is 3.81. The minimum atomic E-state index is -0.591. The quantitative estimate of drug-likeness (QED) is 0.839. The van der Waals surface area contributed by atoms with Gasteiger partial charge in [0.1, 0.15) is 11.6 Å². The molecule has 1 atom stereocenters. The summed E-state index contributed by atoms with van der Waals surface area (Å²) in [6, 6.07) is 5.30. The van der Waals surface area contributed by atoms with Crippen LogP contribution in [0.15, 0.2) is 30.4 Å². The lowest BCUT2D eigenvalue weighted by atomic mass is 10.1. The van der Waals surface area contributed by atoms with E-state index in [1.54, 1.807) is 0 Å². The largest absolute Gasteiger partial charge is 0.444 e. The second-order valence-electron chi connectivity index (χ2n) is 7.11. The third-order valence-electron chi connectivity index (χ3n) is 3.86. The SMILES string of the molecule is Cc1cccc(C)c1NC(=O)[C@@H]1CC=CCN1C(=O)OC(C)(C)C. The number of nitrogens with zero attached hydrogens (tertiary/aromatic N) is 1. The van der Waals surface area contributed by atoms with Gasteiger partial charge in [-0.3, -0.25) is 9.69 Å². The van der Waals surface area contributed by atoms with Crippen LogP contribution in [0, 0.1) is 13.8 Å². The molecular formula is C19H26N2O3. The summed E-state index contributed by atoms with van der Waals surface area (Å²) in [5.41, 5.74) is 2.21. The molecule has 1 N–H and O–H groups in total. The summed E-state index contributed by atoms with van der Waals surface area (Å²) in [7, 11) is 0. The van der Waals surface area contributed by atoms with Crippen LogP contribution in [-0.4, -0.2) is 35.1 Å². The summed E-state index contributed by atoms with van der Waals surface area (Å²) in [5.74, 6) is -0.192. The Morgan fingerprint density at radius 3 is 2.38 bits per heavy atom. The van der Waals surface area contributed by atoms with Crippen molar-refractivity contribution in [1.29, 1.82) is 0 Å². The molecule has 5 heteroatoms. The van der Waals surface area contributed by atoms with Gasteiger partial charge in [-0.15, -0.1) is 0 Å². The molecule has 0 radical (unpaired) electrons. The molecule has 24 heavy (non-hydrogen) atoms. The van der Waals surface area contributed by atoms with Crippen molar-refractivity contribution in [1.82, 2.24) is 4.90 Å². The minimum absolute atomic E-state index is 0.192. The maximum absolute atomic E-state index is 12.8. The first-order valence-electron chi connectivity index (χ1n) is 8.21. The molecular weight excluding hydrogens is 304 g/mol. The monoisotopic (exact) mass is 330 g/mol. The first-order valence-corrected chi connectivity index (χ1v) is 8.21. The fourth-order valence-electron chi connectivity index (χ4n) is 2.66. The van der Waals surface area contributed by atoms with Gasteiger partial charge >= 0.3 is 6.09 Å². The Bertz CT molecular complexity index is 639. The number of anilines is 1. The van der Waals surface area contributed by atoms with Gasteiger partial charge in [-0.1, -0.05) is 30.4 Å². The van der Waals surface area contributed by atoms with E-state index >= 15 is 0 Å². The summed E-state index contributed by atoms with van der Waals surface area (Å²) < 4.78 is 5.43. The number of rotatable bonds is 2. The highest BCUT2D eigenvalue weighted by Crippen LogP contribution is 2.22. The molecule has 1 heterocycles. The lowest BCUT2D eigenvalue weighted by Crippen LogP contribution is -2.50. The number of benzene rings is 1. The minimum Gasteiger partial charge on any atom is -0.444 e. The molecule has 0 saturated carbocycles. The van der Waals surface area contributed by atoms with E-state index in [4.69, 9.17) is 4.74 Å². The molecule has 1 aliphatic rings. The molecule has 130 valence electrons. The van der Waals surface area contributed by atoms with Crippen molar-refractivity contribution in [3.63, 3.8) is 0 Å². The fraction of sp³-hybridized carbons (Fsp3) is 0.474. The number of aryl methyl sites for hydroxylation is 2. The van der Waals surface area contributed by atoms with Crippen LogP contribution < -0.4 is 5.32 Å². The van der Waals surface area contributed by atoms with E-state index in [9.17, 15) is 9.59 Å². The Morgan fingerprint density at radius 2 is 1.79 bits per heavy atom. The van der Waals surface area contributed by atoms with Gasteiger partial charge in [0.2, 0.25) is 5.91 Å². The number of carbonyl (C=O) groups is 2. The van der Waals surface area contributed by atoms with Crippen molar-refractivity contribution in [2.75, 3.05) is 11.9 Å². The van der Waals surface area contributed by atoms with E-state index in [2.05, 4.69) is 5.32 Å². The van der Waals surface area contributed by atoms with Crippen LogP contribution >= 0.6 is 0 Å². The Labute approximate surface area is 143 Å². The van der Waals surface area contributed by atoms with Crippen molar-refractivity contribution in [2.45, 2.75) is 52.7 Å². The maximum atomic E-state index is 12.8. The van der Waals surface area contributed by atoms with Crippen LogP contribution in [0.4, 0.5) is 10.5 Å². The number of ether oxygens (including phenoxy) is 1. The highest BCUT2D eigenvalue weighted by atomic mass is 16.6. The van der Waals surface area contributed by atoms with E-state index in [-0.39, 0.29) is 5.91 Å². The zero-order valence-electron chi connectivity index (χ0n) is 15.1. The van der Waals surface area contributed by atoms with Gasteiger partial charge in [0.15, 0.2) is 0 Å². The molecule has 0 aromatic heterocycles. The second-order valence-corrected chi connectivity index (χ2v) is 7.11. The first-order chi connectivity index (χ1) is 11.2. The zero-order valence-corrected chi connectivity index (χ0v) is 15.1. The van der Waals surface area contributed by atoms with E-state index in [0.29, 0.717) is 13.0 Å². The third kappa shape index (κ3) is 4.37. The van der Waals surface area contributed by atoms with Gasteiger partial charge in [0, 0.05) is 12.2 Å². The normalized spacial score (nSPS) is 17.5. The molecule has 0 fully saturated rings. The Morgan fingerprint density at radius 1 is 1.17 bits per heavy atom. The van der Waals surface area contributed by atoms with Crippen molar-refractivity contribution in [2.24, 2.45) is 0 Å². The van der Waals surface area contributed by atoms with Gasteiger partial charge in [0.05, 0.1) is 0 Å². The maximum Gasteiger partial charge on any atom is 0.411 e. The number of nitrogens with one attached hydrogen (secondary N) is 1. The number of amides is 2. The van der Waals surface area contributed by atoms with Gasteiger partial charge in [-0.05, 0) is 52.2 Å². The molecule has 0 unspecified atom stereocenters. The van der Waals surface area contributed by atoms with Crippen LogP contribution in [0.3, 0.4) is 0 Å². The zero-order chi connectivity index (χ0) is 17.9. The summed E-state index contributed by atoms with van der Waals surface area (Å²) in [4.78, 5) is 26.6. The summed E-state index contributed by atoms with van der Waals surface area (Å²) in [6.07, 6.45) is 3.83. The first kappa shape index (κ1) is 18.0. The molecule has 5 nitrogen and oxygen atoms in total. The average Bonchev–Trinajstić information content (AvgIpc) is 2.49. The smallest absolute Gasteiger partial charge is 0.411 e. The Hall–Kier alpha value is -2.30. The highest BCUT2D eigenvalue weighted by molar-refractivity contribution is 5.98. The Kier molecular flexibility index (Phi) is 5.32. The van der Waals surface area contributed by atoms with E-state index < -0.39 is 17.7 Å². The van der Waals surface area contributed by atoms with Crippen LogP contribution in [-0.2, 0) is 9.53 Å².